The fourth-order valence-electron chi connectivity index (χ4n) is 3.03. The summed E-state index contributed by atoms with van der Waals surface area (Å²) in [5.74, 6) is 0.616. The normalized spacial score (nSPS) is 11.5. The topological polar surface area (TPSA) is 62.7 Å². The first-order valence-electron chi connectivity index (χ1n) is 9.16. The minimum atomic E-state index is -0.594. The summed E-state index contributed by atoms with van der Waals surface area (Å²) in [6.07, 6.45) is 0.261. The quantitative estimate of drug-likeness (QED) is 0.477. The molecule has 2 N–H and O–H groups in total. The number of aromatic amines is 1. The maximum Gasteiger partial charge on any atom is 0.222 e. The monoisotopic (exact) mass is 448 g/mol. The van der Waals surface area contributed by atoms with Crippen LogP contribution in [0.4, 0.5) is 0 Å². The highest BCUT2D eigenvalue weighted by molar-refractivity contribution is 7.71. The van der Waals surface area contributed by atoms with Crippen LogP contribution >= 0.6 is 35.4 Å². The molecule has 0 bridgehead atoms. The van der Waals surface area contributed by atoms with E-state index in [1.165, 1.54) is 5.56 Å². The standard InChI is InChI=1S/C21H22Cl2N4OS/c1-13-4-6-14(7-5-13)19-25-26-20(29)27(19)11-10-18(28)24-21(2,3)15-8-9-16(22)17(23)12-15/h4-9,12H,10-11H2,1-3H3,(H,24,28)(H,26,29). The van der Waals surface area contributed by atoms with Crippen molar-refractivity contribution >= 4 is 41.3 Å². The zero-order valence-electron chi connectivity index (χ0n) is 16.4. The smallest absolute Gasteiger partial charge is 0.222 e. The number of nitrogens with zero attached hydrogens (tertiary/aromatic N) is 2. The van der Waals surface area contributed by atoms with Crippen molar-refractivity contribution in [2.75, 3.05) is 0 Å². The molecule has 5 nitrogen and oxygen atoms in total. The third-order valence-electron chi connectivity index (χ3n) is 4.72. The number of carbonyl (C=O) groups is 1. The minimum Gasteiger partial charge on any atom is -0.347 e. The summed E-state index contributed by atoms with van der Waals surface area (Å²) in [6, 6.07) is 13.4. The van der Waals surface area contributed by atoms with Crippen molar-refractivity contribution < 1.29 is 4.79 Å². The highest BCUT2D eigenvalue weighted by Crippen LogP contribution is 2.28. The minimum absolute atomic E-state index is 0.0981. The van der Waals surface area contributed by atoms with Crippen LogP contribution in [0.25, 0.3) is 11.4 Å². The molecule has 0 aliphatic rings. The van der Waals surface area contributed by atoms with Crippen LogP contribution in [0.1, 0.15) is 31.4 Å². The number of hydrogen-bond donors (Lipinski definition) is 2. The van der Waals surface area contributed by atoms with Crippen LogP contribution in [0.5, 0.6) is 0 Å². The number of halogens is 2. The van der Waals surface area contributed by atoms with Crippen LogP contribution in [0.15, 0.2) is 42.5 Å². The molecule has 1 amide bonds. The van der Waals surface area contributed by atoms with Crippen LogP contribution in [0.3, 0.4) is 0 Å². The number of amides is 1. The largest absolute Gasteiger partial charge is 0.347 e. The van der Waals surface area contributed by atoms with Gasteiger partial charge in [-0.15, -0.1) is 0 Å². The van der Waals surface area contributed by atoms with Crippen molar-refractivity contribution in [1.82, 2.24) is 20.1 Å². The lowest BCUT2D eigenvalue weighted by molar-refractivity contribution is -0.123. The van der Waals surface area contributed by atoms with Gasteiger partial charge in [-0.25, -0.2) is 0 Å². The number of aryl methyl sites for hydroxylation is 1. The molecule has 29 heavy (non-hydrogen) atoms. The highest BCUT2D eigenvalue weighted by atomic mass is 35.5. The Morgan fingerprint density at radius 1 is 1.17 bits per heavy atom. The Balaban J connectivity index is 1.71. The molecule has 2 aromatic carbocycles. The molecule has 0 fully saturated rings. The van der Waals surface area contributed by atoms with Crippen molar-refractivity contribution in [3.05, 3.63) is 68.4 Å². The summed E-state index contributed by atoms with van der Waals surface area (Å²) >= 11 is 17.5. The molecule has 0 saturated carbocycles. The molecule has 3 rings (SSSR count). The van der Waals surface area contributed by atoms with Gasteiger partial charge in [0.05, 0.1) is 15.6 Å². The number of aromatic nitrogens is 3. The molecule has 0 saturated heterocycles. The van der Waals surface area contributed by atoms with Gasteiger partial charge in [0.1, 0.15) is 0 Å². The van der Waals surface area contributed by atoms with E-state index >= 15 is 0 Å². The van der Waals surface area contributed by atoms with E-state index in [9.17, 15) is 4.79 Å². The van der Waals surface area contributed by atoms with Crippen molar-refractivity contribution in [1.29, 1.82) is 0 Å². The summed E-state index contributed by atoms with van der Waals surface area (Å²) in [7, 11) is 0. The first-order valence-corrected chi connectivity index (χ1v) is 10.3. The number of hydrogen-bond acceptors (Lipinski definition) is 3. The van der Waals surface area contributed by atoms with Crippen molar-refractivity contribution in [2.24, 2.45) is 0 Å². The summed E-state index contributed by atoms with van der Waals surface area (Å²) < 4.78 is 2.32. The van der Waals surface area contributed by atoms with Gasteiger partial charge in [-0.2, -0.15) is 5.10 Å². The summed E-state index contributed by atoms with van der Waals surface area (Å²) in [5, 5.41) is 11.1. The molecular weight excluding hydrogens is 427 g/mol. The third-order valence-corrected chi connectivity index (χ3v) is 5.77. The second-order valence-corrected chi connectivity index (χ2v) is 8.62. The Morgan fingerprint density at radius 3 is 2.52 bits per heavy atom. The lowest BCUT2D eigenvalue weighted by atomic mass is 9.94. The molecule has 1 aromatic heterocycles. The van der Waals surface area contributed by atoms with E-state index in [0.29, 0.717) is 27.2 Å². The second kappa shape index (κ2) is 8.69. The van der Waals surface area contributed by atoms with Gasteiger partial charge in [-0.1, -0.05) is 59.1 Å². The Bertz CT molecular complexity index is 1090. The highest BCUT2D eigenvalue weighted by Gasteiger charge is 2.23. The van der Waals surface area contributed by atoms with Gasteiger partial charge in [-0.05, 0) is 50.7 Å². The van der Waals surface area contributed by atoms with E-state index in [-0.39, 0.29) is 12.3 Å². The summed E-state index contributed by atoms with van der Waals surface area (Å²) in [4.78, 5) is 12.6. The van der Waals surface area contributed by atoms with Gasteiger partial charge >= 0.3 is 0 Å². The Hall–Kier alpha value is -2.15. The van der Waals surface area contributed by atoms with Gasteiger partial charge in [0.15, 0.2) is 10.6 Å². The van der Waals surface area contributed by atoms with Gasteiger partial charge < -0.3 is 5.32 Å². The Morgan fingerprint density at radius 2 is 1.86 bits per heavy atom. The molecule has 1 heterocycles. The number of rotatable bonds is 6. The lowest BCUT2D eigenvalue weighted by Crippen LogP contribution is -2.41. The molecule has 8 heteroatoms. The van der Waals surface area contributed by atoms with E-state index in [4.69, 9.17) is 35.4 Å². The maximum atomic E-state index is 12.6. The van der Waals surface area contributed by atoms with Gasteiger partial charge in [0, 0.05) is 18.5 Å². The van der Waals surface area contributed by atoms with Crippen molar-refractivity contribution in [2.45, 2.75) is 39.3 Å². The fourth-order valence-corrected chi connectivity index (χ4v) is 3.55. The number of carbonyl (C=O) groups excluding carboxylic acids is 1. The number of benzene rings is 2. The zero-order chi connectivity index (χ0) is 21.2. The maximum absolute atomic E-state index is 12.6. The van der Waals surface area contributed by atoms with Crippen molar-refractivity contribution in [3.8, 4) is 11.4 Å². The van der Waals surface area contributed by atoms with E-state index in [1.54, 1.807) is 12.1 Å². The predicted molar refractivity (Wildman–Crippen MR) is 120 cm³/mol. The first-order chi connectivity index (χ1) is 13.7. The van der Waals surface area contributed by atoms with Crippen LogP contribution in [0, 0.1) is 11.7 Å². The van der Waals surface area contributed by atoms with Crippen LogP contribution < -0.4 is 5.32 Å². The predicted octanol–water partition coefficient (Wildman–Crippen LogP) is 5.66. The third kappa shape index (κ3) is 5.07. The molecule has 0 spiro atoms. The summed E-state index contributed by atoms with van der Waals surface area (Å²) in [6.45, 7) is 6.29. The second-order valence-electron chi connectivity index (χ2n) is 7.42. The molecular formula is C21H22Cl2N4OS. The molecule has 152 valence electrons. The molecule has 0 aliphatic carbocycles. The van der Waals surface area contributed by atoms with Crippen LogP contribution in [0.2, 0.25) is 10.0 Å². The molecule has 0 radical (unpaired) electrons. The van der Waals surface area contributed by atoms with E-state index in [1.807, 2.05) is 55.7 Å². The number of H-pyrrole nitrogens is 1. The van der Waals surface area contributed by atoms with E-state index in [0.717, 1.165) is 11.1 Å². The van der Waals surface area contributed by atoms with Gasteiger partial charge in [0.25, 0.3) is 0 Å². The fraction of sp³-hybridized carbons (Fsp3) is 0.286. The average Bonchev–Trinajstić information content (AvgIpc) is 3.03. The zero-order valence-corrected chi connectivity index (χ0v) is 18.8. The molecule has 0 aliphatic heterocycles. The lowest BCUT2D eigenvalue weighted by Gasteiger charge is -2.27. The Labute approximate surface area is 185 Å². The summed E-state index contributed by atoms with van der Waals surface area (Å²) in [5.41, 5.74) is 2.39. The van der Waals surface area contributed by atoms with Crippen LogP contribution in [-0.4, -0.2) is 20.7 Å². The average molecular weight is 449 g/mol. The van der Waals surface area contributed by atoms with Gasteiger partial charge in [-0.3, -0.25) is 14.5 Å². The van der Waals surface area contributed by atoms with Crippen LogP contribution in [-0.2, 0) is 16.9 Å². The molecule has 0 unspecified atom stereocenters. The van der Waals surface area contributed by atoms with E-state index < -0.39 is 5.54 Å². The van der Waals surface area contributed by atoms with Gasteiger partial charge in [0.2, 0.25) is 5.91 Å². The molecule has 0 atom stereocenters. The molecule has 3 aromatic rings. The first kappa shape index (κ1) is 21.6. The Kier molecular flexibility index (Phi) is 6.46. The number of nitrogens with one attached hydrogen (secondary N) is 2. The SMILES string of the molecule is Cc1ccc(-c2n[nH]c(=S)n2CCC(=O)NC(C)(C)c2ccc(Cl)c(Cl)c2)cc1. The van der Waals surface area contributed by atoms with Crippen molar-refractivity contribution in [3.63, 3.8) is 0 Å². The van der Waals surface area contributed by atoms with E-state index in [2.05, 4.69) is 15.5 Å².